The fraction of sp³-hybridized carbons (Fsp3) is 0.375. The maximum Gasteiger partial charge on any atom is 0.416 e. The second kappa shape index (κ2) is 6.88. The number of thioether (sulfide) groups is 1. The van der Waals surface area contributed by atoms with Gasteiger partial charge in [-0.15, -0.1) is 0 Å². The van der Waals surface area contributed by atoms with Gasteiger partial charge < -0.3 is 10.5 Å². The minimum absolute atomic E-state index is 0.0390. The van der Waals surface area contributed by atoms with Gasteiger partial charge in [-0.05, 0) is 32.4 Å². The molecule has 1 aliphatic heterocycles. The Hall–Kier alpha value is -1.96. The van der Waals surface area contributed by atoms with E-state index in [0.29, 0.717) is 0 Å². The number of nitrogens with zero attached hydrogens (tertiary/aromatic N) is 1. The van der Waals surface area contributed by atoms with Gasteiger partial charge in [0, 0.05) is 0 Å². The topological polar surface area (TPSA) is 64.7 Å². The van der Waals surface area contributed by atoms with Gasteiger partial charge in [0.1, 0.15) is 0 Å². The number of ether oxygens (including phenoxy) is 1. The van der Waals surface area contributed by atoms with Crippen LogP contribution in [0.4, 0.5) is 13.2 Å². The van der Waals surface area contributed by atoms with Crippen LogP contribution in [0.25, 0.3) is 0 Å². The number of benzene rings is 1. The van der Waals surface area contributed by atoms with Crippen molar-refractivity contribution >= 4 is 22.9 Å². The molecule has 4 nitrogen and oxygen atoms in total. The molecule has 0 saturated carbocycles. The summed E-state index contributed by atoms with van der Waals surface area (Å²) >= 11 is 0.906. The molecular weight excluding hydrogens is 341 g/mol. The lowest BCUT2D eigenvalue weighted by molar-refractivity contribution is -0.143. The van der Waals surface area contributed by atoms with Crippen molar-refractivity contribution in [3.63, 3.8) is 0 Å². The van der Waals surface area contributed by atoms with Crippen LogP contribution in [0, 0.1) is 0 Å². The van der Waals surface area contributed by atoms with Crippen LogP contribution in [-0.2, 0) is 15.7 Å². The minimum Gasteiger partial charge on any atom is -0.460 e. The van der Waals surface area contributed by atoms with Crippen molar-refractivity contribution in [2.45, 2.75) is 38.3 Å². The van der Waals surface area contributed by atoms with E-state index in [1.165, 1.54) is 25.1 Å². The average molecular weight is 358 g/mol. The molecule has 0 aromatic heterocycles. The number of esters is 1. The quantitative estimate of drug-likeness (QED) is 0.829. The van der Waals surface area contributed by atoms with Crippen molar-refractivity contribution in [3.8, 4) is 0 Å². The lowest BCUT2D eigenvalue weighted by Crippen LogP contribution is -2.25. The highest BCUT2D eigenvalue weighted by atomic mass is 32.2. The maximum atomic E-state index is 13.3. The Morgan fingerprint density at radius 3 is 2.54 bits per heavy atom. The van der Waals surface area contributed by atoms with Gasteiger partial charge >= 0.3 is 12.1 Å². The van der Waals surface area contributed by atoms with Crippen LogP contribution in [0.1, 0.15) is 37.1 Å². The molecule has 1 aromatic carbocycles. The molecule has 1 atom stereocenters. The van der Waals surface area contributed by atoms with Gasteiger partial charge in [-0.25, -0.2) is 9.79 Å². The van der Waals surface area contributed by atoms with Crippen molar-refractivity contribution in [2.75, 3.05) is 0 Å². The Kier molecular flexibility index (Phi) is 5.27. The molecule has 0 saturated heterocycles. The van der Waals surface area contributed by atoms with E-state index < -0.39 is 29.1 Å². The van der Waals surface area contributed by atoms with Crippen molar-refractivity contribution in [1.82, 2.24) is 0 Å². The molecule has 1 unspecified atom stereocenters. The van der Waals surface area contributed by atoms with Crippen LogP contribution < -0.4 is 5.73 Å². The summed E-state index contributed by atoms with van der Waals surface area (Å²) in [5.41, 5.74) is 5.22. The van der Waals surface area contributed by atoms with Gasteiger partial charge in [0.25, 0.3) is 0 Å². The first kappa shape index (κ1) is 18.4. The normalized spacial score (nSPS) is 18.6. The summed E-state index contributed by atoms with van der Waals surface area (Å²) < 4.78 is 45.2. The first-order valence-corrected chi connectivity index (χ1v) is 8.08. The van der Waals surface area contributed by atoms with E-state index in [9.17, 15) is 18.0 Å². The molecule has 2 N–H and O–H groups in total. The SMILES string of the molecule is CC1=C(C(=O)OC(C)C)C(c2ccccc2C(F)(F)F)SC(N)=N1. The van der Waals surface area contributed by atoms with Crippen LogP contribution in [0.3, 0.4) is 0 Å². The second-order valence-corrected chi connectivity index (χ2v) is 6.61. The first-order valence-electron chi connectivity index (χ1n) is 7.20. The highest BCUT2D eigenvalue weighted by Gasteiger charge is 2.39. The van der Waals surface area contributed by atoms with Gasteiger partial charge in [0.15, 0.2) is 5.17 Å². The third kappa shape index (κ3) is 3.92. The maximum absolute atomic E-state index is 13.3. The molecule has 2 rings (SSSR count). The minimum atomic E-state index is -4.54. The van der Waals surface area contributed by atoms with E-state index in [2.05, 4.69) is 4.99 Å². The van der Waals surface area contributed by atoms with Gasteiger partial charge in [-0.1, -0.05) is 30.0 Å². The molecule has 0 fully saturated rings. The highest BCUT2D eigenvalue weighted by molar-refractivity contribution is 8.14. The molecule has 0 spiro atoms. The van der Waals surface area contributed by atoms with Gasteiger partial charge in [-0.2, -0.15) is 13.2 Å². The van der Waals surface area contributed by atoms with E-state index in [4.69, 9.17) is 10.5 Å². The third-order valence-electron chi connectivity index (χ3n) is 3.28. The number of hydrogen-bond acceptors (Lipinski definition) is 5. The zero-order chi connectivity index (χ0) is 18.1. The number of halogens is 3. The number of aliphatic imine (C=N–C) groups is 1. The first-order chi connectivity index (χ1) is 11.1. The van der Waals surface area contributed by atoms with E-state index in [1.807, 2.05) is 0 Å². The summed E-state index contributed by atoms with van der Waals surface area (Å²) in [4.78, 5) is 16.4. The van der Waals surface area contributed by atoms with Gasteiger partial charge in [-0.3, -0.25) is 0 Å². The molecule has 0 amide bonds. The summed E-state index contributed by atoms with van der Waals surface area (Å²) in [6.45, 7) is 4.87. The molecule has 0 aliphatic carbocycles. The number of amidine groups is 1. The lowest BCUT2D eigenvalue weighted by Gasteiger charge is -2.26. The lowest BCUT2D eigenvalue weighted by atomic mass is 9.97. The van der Waals surface area contributed by atoms with E-state index in [1.54, 1.807) is 13.8 Å². The predicted octanol–water partition coefficient (Wildman–Crippen LogP) is 4.03. The Morgan fingerprint density at radius 2 is 1.96 bits per heavy atom. The third-order valence-corrected chi connectivity index (χ3v) is 4.34. The summed E-state index contributed by atoms with van der Waals surface area (Å²) in [6, 6.07) is 5.13. The number of hydrogen-bond donors (Lipinski definition) is 1. The Labute approximate surface area is 142 Å². The summed E-state index contributed by atoms with van der Waals surface area (Å²) in [5.74, 6) is -0.687. The molecular formula is C16H17F3N2O2S. The predicted molar refractivity (Wildman–Crippen MR) is 87.3 cm³/mol. The van der Waals surface area contributed by atoms with Crippen LogP contribution in [0.2, 0.25) is 0 Å². The summed E-state index contributed by atoms with van der Waals surface area (Å²) in [7, 11) is 0. The molecule has 1 aromatic rings. The number of carbonyl (C=O) groups excluding carboxylic acids is 1. The van der Waals surface area contributed by atoms with Crippen LogP contribution in [-0.4, -0.2) is 17.2 Å². The van der Waals surface area contributed by atoms with E-state index >= 15 is 0 Å². The second-order valence-electron chi connectivity index (χ2n) is 5.49. The van der Waals surface area contributed by atoms with Gasteiger partial charge in [0.05, 0.1) is 28.2 Å². The molecule has 1 aliphatic rings. The standard InChI is InChI=1S/C16H17F3N2O2S/c1-8(2)23-14(22)12-9(3)21-15(20)24-13(12)10-6-4-5-7-11(10)16(17,18)19/h4-8,13H,1-3H3,(H2,20,21). The van der Waals surface area contributed by atoms with E-state index in [-0.39, 0.29) is 22.0 Å². The summed E-state index contributed by atoms with van der Waals surface area (Å²) in [6.07, 6.45) is -4.94. The number of nitrogens with two attached hydrogens (primary N) is 1. The largest absolute Gasteiger partial charge is 0.460 e. The van der Waals surface area contributed by atoms with Crippen molar-refractivity contribution in [2.24, 2.45) is 10.7 Å². The molecule has 1 heterocycles. The number of carbonyl (C=O) groups is 1. The van der Waals surface area contributed by atoms with Crippen molar-refractivity contribution < 1.29 is 22.7 Å². The molecule has 8 heteroatoms. The Bertz CT molecular complexity index is 712. The highest BCUT2D eigenvalue weighted by Crippen LogP contribution is 2.46. The summed E-state index contributed by atoms with van der Waals surface area (Å²) in [5, 5.41) is -0.817. The van der Waals surface area contributed by atoms with E-state index in [0.717, 1.165) is 17.8 Å². The van der Waals surface area contributed by atoms with Crippen molar-refractivity contribution in [1.29, 1.82) is 0 Å². The van der Waals surface area contributed by atoms with Crippen LogP contribution in [0.5, 0.6) is 0 Å². The molecule has 0 radical (unpaired) electrons. The Morgan fingerprint density at radius 1 is 1.33 bits per heavy atom. The zero-order valence-electron chi connectivity index (χ0n) is 13.3. The number of allylic oxidation sites excluding steroid dienone is 1. The van der Waals surface area contributed by atoms with Crippen LogP contribution in [0.15, 0.2) is 40.5 Å². The molecule has 24 heavy (non-hydrogen) atoms. The van der Waals surface area contributed by atoms with Crippen molar-refractivity contribution in [3.05, 3.63) is 46.7 Å². The fourth-order valence-electron chi connectivity index (χ4n) is 2.36. The number of rotatable bonds is 3. The fourth-order valence-corrected chi connectivity index (χ4v) is 3.50. The Balaban J connectivity index is 2.57. The smallest absolute Gasteiger partial charge is 0.416 e. The average Bonchev–Trinajstić information content (AvgIpc) is 2.44. The monoisotopic (exact) mass is 358 g/mol. The van der Waals surface area contributed by atoms with Crippen LogP contribution >= 0.6 is 11.8 Å². The molecule has 130 valence electrons. The molecule has 0 bridgehead atoms. The van der Waals surface area contributed by atoms with Gasteiger partial charge in [0.2, 0.25) is 0 Å². The zero-order valence-corrected chi connectivity index (χ0v) is 14.2. The number of alkyl halides is 3.